The number of urea groups is 1. The summed E-state index contributed by atoms with van der Waals surface area (Å²) in [5.74, 6) is -0.158. The molecule has 0 radical (unpaired) electrons. The lowest BCUT2D eigenvalue weighted by molar-refractivity contribution is -0.117. The molecule has 1 aromatic carbocycles. The SMILES string of the molecule is O=C(CSc1nnc(-c2ccncc2)o1)NC(=O)Nc1ccccc1. The van der Waals surface area contributed by atoms with Crippen LogP contribution in [0.5, 0.6) is 0 Å². The molecule has 3 rings (SSSR count). The standard InChI is InChI=1S/C16H13N5O3S/c22-13(19-15(23)18-12-4-2-1-3-5-12)10-25-16-21-20-14(24-16)11-6-8-17-9-7-11/h1-9H,10H2,(H2,18,19,22,23). The third kappa shape index (κ3) is 4.88. The summed E-state index contributed by atoms with van der Waals surface area (Å²) < 4.78 is 5.45. The number of thioether (sulfide) groups is 1. The van der Waals surface area contributed by atoms with E-state index in [1.807, 2.05) is 6.07 Å². The normalized spacial score (nSPS) is 10.2. The van der Waals surface area contributed by atoms with Crippen molar-refractivity contribution in [2.45, 2.75) is 5.22 Å². The summed E-state index contributed by atoms with van der Waals surface area (Å²) in [6, 6.07) is 11.7. The summed E-state index contributed by atoms with van der Waals surface area (Å²) in [6.07, 6.45) is 3.23. The van der Waals surface area contributed by atoms with Crippen molar-refractivity contribution in [1.29, 1.82) is 0 Å². The maximum atomic E-state index is 11.8. The van der Waals surface area contributed by atoms with Crippen molar-refractivity contribution in [3.05, 3.63) is 54.9 Å². The number of rotatable bonds is 5. The van der Waals surface area contributed by atoms with Gasteiger partial charge in [0.05, 0.1) is 5.75 Å². The smallest absolute Gasteiger partial charge is 0.325 e. The number of para-hydroxylation sites is 1. The van der Waals surface area contributed by atoms with Crippen LogP contribution in [-0.2, 0) is 4.79 Å². The van der Waals surface area contributed by atoms with Crippen molar-refractivity contribution in [3.8, 4) is 11.5 Å². The van der Waals surface area contributed by atoms with E-state index < -0.39 is 11.9 Å². The number of benzene rings is 1. The Balaban J connectivity index is 1.48. The number of pyridine rings is 1. The minimum absolute atomic E-state index is 0.0276. The van der Waals surface area contributed by atoms with Crippen LogP contribution < -0.4 is 10.6 Å². The summed E-state index contributed by atoms with van der Waals surface area (Å²) in [4.78, 5) is 27.4. The molecular weight excluding hydrogens is 342 g/mol. The molecule has 2 aromatic heterocycles. The van der Waals surface area contributed by atoms with Crippen LogP contribution in [0.1, 0.15) is 0 Å². The first-order valence-electron chi connectivity index (χ1n) is 7.23. The van der Waals surface area contributed by atoms with Gasteiger partial charge in [-0.25, -0.2) is 4.79 Å². The predicted octanol–water partition coefficient (Wildman–Crippen LogP) is 2.57. The van der Waals surface area contributed by atoms with E-state index in [-0.39, 0.29) is 11.0 Å². The van der Waals surface area contributed by atoms with Gasteiger partial charge in [0.1, 0.15) is 0 Å². The first-order chi connectivity index (χ1) is 12.2. The average Bonchev–Trinajstić information content (AvgIpc) is 3.10. The molecule has 0 aliphatic heterocycles. The van der Waals surface area contributed by atoms with E-state index in [4.69, 9.17) is 4.42 Å². The van der Waals surface area contributed by atoms with Gasteiger partial charge in [0.2, 0.25) is 11.8 Å². The first-order valence-corrected chi connectivity index (χ1v) is 8.22. The number of carbonyl (C=O) groups excluding carboxylic acids is 2. The lowest BCUT2D eigenvalue weighted by atomic mass is 10.3. The fourth-order valence-electron chi connectivity index (χ4n) is 1.85. The number of hydrogen-bond acceptors (Lipinski definition) is 7. The number of anilines is 1. The number of hydrogen-bond donors (Lipinski definition) is 2. The van der Waals surface area contributed by atoms with Crippen LogP contribution in [0.2, 0.25) is 0 Å². The van der Waals surface area contributed by atoms with Crippen molar-refractivity contribution >= 4 is 29.4 Å². The van der Waals surface area contributed by atoms with E-state index in [0.29, 0.717) is 11.6 Å². The number of nitrogens with zero attached hydrogens (tertiary/aromatic N) is 3. The van der Waals surface area contributed by atoms with Gasteiger partial charge in [-0.05, 0) is 24.3 Å². The molecule has 25 heavy (non-hydrogen) atoms. The maximum Gasteiger partial charge on any atom is 0.325 e. The summed E-state index contributed by atoms with van der Waals surface area (Å²) in [6.45, 7) is 0. The van der Waals surface area contributed by atoms with Gasteiger partial charge in [-0.2, -0.15) is 0 Å². The fourth-order valence-corrected chi connectivity index (χ4v) is 2.42. The zero-order chi connectivity index (χ0) is 17.5. The Morgan fingerprint density at radius 2 is 1.80 bits per heavy atom. The van der Waals surface area contributed by atoms with Crippen LogP contribution >= 0.6 is 11.8 Å². The quantitative estimate of drug-likeness (QED) is 0.677. The lowest BCUT2D eigenvalue weighted by Crippen LogP contribution is -2.35. The molecule has 2 N–H and O–H groups in total. The topological polar surface area (TPSA) is 110 Å². The molecule has 9 heteroatoms. The van der Waals surface area contributed by atoms with Crippen LogP contribution in [0.4, 0.5) is 10.5 Å². The molecule has 0 saturated carbocycles. The molecule has 0 saturated heterocycles. The number of nitrogens with one attached hydrogen (secondary N) is 2. The molecule has 3 amide bonds. The van der Waals surface area contributed by atoms with Crippen molar-refractivity contribution in [2.75, 3.05) is 11.1 Å². The minimum atomic E-state index is -0.597. The molecule has 0 spiro atoms. The monoisotopic (exact) mass is 355 g/mol. The Morgan fingerprint density at radius 1 is 1.04 bits per heavy atom. The van der Waals surface area contributed by atoms with Gasteiger partial charge in [0, 0.05) is 23.6 Å². The van der Waals surface area contributed by atoms with Crippen LogP contribution in [0.3, 0.4) is 0 Å². The molecule has 0 aliphatic carbocycles. The van der Waals surface area contributed by atoms with E-state index >= 15 is 0 Å². The first kappa shape index (κ1) is 16.7. The number of imide groups is 1. The van der Waals surface area contributed by atoms with Crippen molar-refractivity contribution < 1.29 is 14.0 Å². The third-order valence-corrected chi connectivity index (χ3v) is 3.76. The maximum absolute atomic E-state index is 11.8. The third-order valence-electron chi connectivity index (χ3n) is 2.95. The van der Waals surface area contributed by atoms with E-state index in [9.17, 15) is 9.59 Å². The highest BCUT2D eigenvalue weighted by molar-refractivity contribution is 7.99. The van der Waals surface area contributed by atoms with Gasteiger partial charge >= 0.3 is 6.03 Å². The predicted molar refractivity (Wildman–Crippen MR) is 91.9 cm³/mol. The zero-order valence-corrected chi connectivity index (χ0v) is 13.7. The van der Waals surface area contributed by atoms with Gasteiger partial charge < -0.3 is 9.73 Å². The highest BCUT2D eigenvalue weighted by atomic mass is 32.2. The molecule has 3 aromatic rings. The number of amides is 3. The highest BCUT2D eigenvalue weighted by Gasteiger charge is 2.13. The van der Waals surface area contributed by atoms with Crippen molar-refractivity contribution in [2.24, 2.45) is 0 Å². The second-order valence-corrected chi connectivity index (χ2v) is 5.69. The molecule has 126 valence electrons. The molecular formula is C16H13N5O3S. The zero-order valence-electron chi connectivity index (χ0n) is 12.9. The van der Waals surface area contributed by atoms with Crippen LogP contribution in [0.15, 0.2) is 64.5 Å². The Hall–Kier alpha value is -3.20. The Bertz CT molecular complexity index is 854. The highest BCUT2D eigenvalue weighted by Crippen LogP contribution is 2.22. The second-order valence-electron chi connectivity index (χ2n) is 4.77. The van der Waals surface area contributed by atoms with Gasteiger partial charge in [0.25, 0.3) is 5.22 Å². The number of carbonyl (C=O) groups is 2. The van der Waals surface area contributed by atoms with Crippen LogP contribution in [0, 0.1) is 0 Å². The van der Waals surface area contributed by atoms with E-state index in [0.717, 1.165) is 17.3 Å². The van der Waals surface area contributed by atoms with Crippen LogP contribution in [-0.4, -0.2) is 32.9 Å². The molecule has 8 nitrogen and oxygen atoms in total. The summed E-state index contributed by atoms with van der Waals surface area (Å²) in [7, 11) is 0. The van der Waals surface area contributed by atoms with Crippen molar-refractivity contribution in [3.63, 3.8) is 0 Å². The summed E-state index contributed by atoms with van der Waals surface area (Å²) in [5, 5.41) is 12.8. The van der Waals surface area contributed by atoms with E-state index in [2.05, 4.69) is 25.8 Å². The van der Waals surface area contributed by atoms with Crippen molar-refractivity contribution in [1.82, 2.24) is 20.5 Å². The van der Waals surface area contributed by atoms with E-state index in [1.165, 1.54) is 0 Å². The molecule has 0 aliphatic rings. The Labute approximate surface area is 147 Å². The minimum Gasteiger partial charge on any atom is -0.411 e. The van der Waals surface area contributed by atoms with Crippen LogP contribution in [0.25, 0.3) is 11.5 Å². The molecule has 0 fully saturated rings. The van der Waals surface area contributed by atoms with Gasteiger partial charge in [-0.15, -0.1) is 10.2 Å². The summed E-state index contributed by atoms with van der Waals surface area (Å²) in [5.41, 5.74) is 1.33. The fraction of sp³-hybridized carbons (Fsp3) is 0.0625. The molecule has 2 heterocycles. The molecule has 0 bridgehead atoms. The summed E-state index contributed by atoms with van der Waals surface area (Å²) >= 11 is 1.04. The average molecular weight is 355 g/mol. The molecule has 0 unspecified atom stereocenters. The van der Waals surface area contributed by atoms with Gasteiger partial charge in [-0.1, -0.05) is 30.0 Å². The van der Waals surface area contributed by atoms with Gasteiger partial charge in [0.15, 0.2) is 0 Å². The lowest BCUT2D eigenvalue weighted by Gasteiger charge is -2.05. The second kappa shape index (κ2) is 8.06. The Kier molecular flexibility index (Phi) is 5.37. The van der Waals surface area contributed by atoms with Gasteiger partial charge in [-0.3, -0.25) is 15.1 Å². The number of aromatic nitrogens is 3. The van der Waals surface area contributed by atoms with E-state index in [1.54, 1.807) is 48.8 Å². The molecule has 0 atom stereocenters. The largest absolute Gasteiger partial charge is 0.411 e. The Morgan fingerprint density at radius 3 is 2.56 bits per heavy atom.